The summed E-state index contributed by atoms with van der Waals surface area (Å²) in [4.78, 5) is 25.0. The number of carbonyl (C=O) groups excluding carboxylic acids is 1. The number of benzene rings is 3. The SMILES string of the molecule is C[C@H](C(=O)O)[C@H](c1ccc2c(c1)N(C)C(c1ccc(-c3cc(C=O)ccc3F)cc1)CO2)C1CC1. The van der Waals surface area contributed by atoms with Crippen molar-refractivity contribution in [2.45, 2.75) is 31.7 Å². The molecule has 180 valence electrons. The van der Waals surface area contributed by atoms with E-state index in [2.05, 4.69) is 11.0 Å². The number of hydrogen-bond donors (Lipinski definition) is 1. The second-order valence-electron chi connectivity index (χ2n) is 9.63. The third-order valence-corrected chi connectivity index (χ3v) is 7.40. The summed E-state index contributed by atoms with van der Waals surface area (Å²) in [5.41, 5.74) is 4.53. The standard InChI is InChI=1S/C29H28FNO4/c1-17(29(33)34)28(21-8-9-21)22-10-12-27-25(14-22)31(2)26(16-35-27)20-6-4-19(5-7-20)23-13-18(15-32)3-11-24(23)30/h3-7,10-15,17,21,26,28H,8-9,16H2,1-2H3,(H,33,34)/t17-,26?,28-/m0/s1. The molecule has 0 amide bonds. The minimum absolute atomic E-state index is 0.0112. The molecule has 6 heteroatoms. The molecule has 0 bridgehead atoms. The zero-order valence-electron chi connectivity index (χ0n) is 19.8. The number of nitrogens with zero attached hydrogens (tertiary/aromatic N) is 1. The summed E-state index contributed by atoms with van der Waals surface area (Å²) >= 11 is 0. The molecule has 0 saturated heterocycles. The largest absolute Gasteiger partial charge is 0.489 e. The van der Waals surface area contributed by atoms with Crippen LogP contribution in [0.3, 0.4) is 0 Å². The molecule has 5 nitrogen and oxygen atoms in total. The van der Waals surface area contributed by atoms with Gasteiger partial charge in [-0.05, 0) is 71.7 Å². The lowest BCUT2D eigenvalue weighted by Crippen LogP contribution is -2.33. The van der Waals surface area contributed by atoms with Gasteiger partial charge in [-0.15, -0.1) is 0 Å². The Balaban J connectivity index is 1.42. The van der Waals surface area contributed by atoms with Gasteiger partial charge in [0.2, 0.25) is 0 Å². The van der Waals surface area contributed by atoms with Crippen molar-refractivity contribution in [1.29, 1.82) is 0 Å². The number of halogens is 1. The molecule has 3 atom stereocenters. The molecule has 0 spiro atoms. The first-order chi connectivity index (χ1) is 16.9. The summed E-state index contributed by atoms with van der Waals surface area (Å²) in [5, 5.41) is 9.65. The molecule has 1 aliphatic heterocycles. The number of hydrogen-bond acceptors (Lipinski definition) is 4. The van der Waals surface area contributed by atoms with Gasteiger partial charge in [-0.25, -0.2) is 4.39 Å². The van der Waals surface area contributed by atoms with Crippen LogP contribution < -0.4 is 9.64 Å². The average molecular weight is 474 g/mol. The maximum absolute atomic E-state index is 14.4. The van der Waals surface area contributed by atoms with E-state index in [0.717, 1.165) is 35.4 Å². The fraction of sp³-hybridized carbons (Fsp3) is 0.310. The highest BCUT2D eigenvalue weighted by Crippen LogP contribution is 2.49. The topological polar surface area (TPSA) is 66.8 Å². The Kier molecular flexibility index (Phi) is 6.05. The average Bonchev–Trinajstić information content (AvgIpc) is 3.70. The molecule has 0 aromatic heterocycles. The second-order valence-corrected chi connectivity index (χ2v) is 9.63. The first kappa shape index (κ1) is 23.1. The lowest BCUT2D eigenvalue weighted by molar-refractivity contribution is -0.142. The number of fused-ring (bicyclic) bond motifs is 1. The molecule has 1 N–H and O–H groups in total. The van der Waals surface area contributed by atoms with E-state index < -0.39 is 11.9 Å². The molecular weight excluding hydrogens is 445 g/mol. The number of aliphatic carboxylic acids is 1. The predicted molar refractivity (Wildman–Crippen MR) is 133 cm³/mol. The van der Waals surface area contributed by atoms with Crippen LogP contribution in [0, 0.1) is 17.7 Å². The molecule has 2 aliphatic rings. The van der Waals surface area contributed by atoms with E-state index in [1.54, 1.807) is 13.0 Å². The van der Waals surface area contributed by atoms with E-state index in [0.29, 0.717) is 35.5 Å². The van der Waals surface area contributed by atoms with Gasteiger partial charge in [0, 0.05) is 18.2 Å². The molecule has 3 aromatic carbocycles. The summed E-state index contributed by atoms with van der Waals surface area (Å²) < 4.78 is 20.5. The van der Waals surface area contributed by atoms with Crippen molar-refractivity contribution in [3.63, 3.8) is 0 Å². The van der Waals surface area contributed by atoms with E-state index in [1.165, 1.54) is 12.1 Å². The lowest BCUT2D eigenvalue weighted by Gasteiger charge is -2.37. The number of ether oxygens (including phenoxy) is 1. The Bertz CT molecular complexity index is 1270. The first-order valence-corrected chi connectivity index (χ1v) is 11.9. The predicted octanol–water partition coefficient (Wildman–Crippen LogP) is 6.09. The third-order valence-electron chi connectivity index (χ3n) is 7.40. The van der Waals surface area contributed by atoms with E-state index in [4.69, 9.17) is 4.74 Å². The van der Waals surface area contributed by atoms with Gasteiger partial charge in [0.15, 0.2) is 0 Å². The van der Waals surface area contributed by atoms with Gasteiger partial charge in [0.25, 0.3) is 0 Å². The van der Waals surface area contributed by atoms with E-state index >= 15 is 0 Å². The number of carboxylic acid groups (broad SMARTS) is 1. The van der Waals surface area contributed by atoms with Gasteiger partial charge >= 0.3 is 5.97 Å². The summed E-state index contributed by atoms with van der Waals surface area (Å²) in [5.74, 6) is -0.398. The van der Waals surface area contributed by atoms with Crippen LogP contribution in [-0.4, -0.2) is 31.0 Å². The quantitative estimate of drug-likeness (QED) is 0.421. The smallest absolute Gasteiger partial charge is 0.306 e. The van der Waals surface area contributed by atoms with Crippen LogP contribution in [0.25, 0.3) is 11.1 Å². The molecule has 5 rings (SSSR count). The van der Waals surface area contributed by atoms with Crippen LogP contribution in [0.5, 0.6) is 5.75 Å². The molecule has 1 fully saturated rings. The zero-order chi connectivity index (χ0) is 24.7. The minimum atomic E-state index is -0.766. The van der Waals surface area contributed by atoms with Crippen LogP contribution in [0.1, 0.15) is 53.2 Å². The molecule has 1 aliphatic carbocycles. The number of carbonyl (C=O) groups is 2. The van der Waals surface area contributed by atoms with Gasteiger partial charge in [-0.3, -0.25) is 9.59 Å². The maximum atomic E-state index is 14.4. The Labute approximate surface area is 204 Å². The summed E-state index contributed by atoms with van der Waals surface area (Å²) in [6.45, 7) is 2.26. The molecule has 1 heterocycles. The van der Waals surface area contributed by atoms with Gasteiger partial charge in [-0.2, -0.15) is 0 Å². The van der Waals surface area contributed by atoms with Crippen LogP contribution in [0.15, 0.2) is 60.7 Å². The molecule has 1 unspecified atom stereocenters. The fourth-order valence-corrected chi connectivity index (χ4v) is 5.21. The minimum Gasteiger partial charge on any atom is -0.489 e. The van der Waals surface area contributed by atoms with Gasteiger partial charge in [0.05, 0.1) is 17.6 Å². The van der Waals surface area contributed by atoms with Gasteiger partial charge in [0.1, 0.15) is 24.5 Å². The van der Waals surface area contributed by atoms with Crippen molar-refractivity contribution in [2.24, 2.45) is 11.8 Å². The number of anilines is 1. The third kappa shape index (κ3) is 4.41. The van der Waals surface area contributed by atoms with Crippen molar-refractivity contribution in [2.75, 3.05) is 18.6 Å². The van der Waals surface area contributed by atoms with Crippen LogP contribution >= 0.6 is 0 Å². The number of likely N-dealkylation sites (N-methyl/N-ethyl adjacent to an activating group) is 1. The van der Waals surface area contributed by atoms with Crippen molar-refractivity contribution in [3.05, 3.63) is 83.2 Å². The normalized spacial score (nSPS) is 18.8. The summed E-state index contributed by atoms with van der Waals surface area (Å²) in [7, 11) is 2.02. The number of rotatable bonds is 7. The molecule has 35 heavy (non-hydrogen) atoms. The Hall–Kier alpha value is -3.67. The van der Waals surface area contributed by atoms with E-state index in [1.807, 2.05) is 43.4 Å². The molecule has 3 aromatic rings. The van der Waals surface area contributed by atoms with Crippen LogP contribution in [-0.2, 0) is 4.79 Å². The Morgan fingerprint density at radius 1 is 1.11 bits per heavy atom. The maximum Gasteiger partial charge on any atom is 0.306 e. The monoisotopic (exact) mass is 473 g/mol. The van der Waals surface area contributed by atoms with Crippen molar-refractivity contribution < 1.29 is 23.8 Å². The van der Waals surface area contributed by atoms with Crippen LogP contribution in [0.4, 0.5) is 10.1 Å². The highest BCUT2D eigenvalue weighted by atomic mass is 19.1. The Morgan fingerprint density at radius 3 is 2.51 bits per heavy atom. The van der Waals surface area contributed by atoms with Crippen molar-refractivity contribution in [1.82, 2.24) is 0 Å². The molecular formula is C29H28FNO4. The van der Waals surface area contributed by atoms with Crippen molar-refractivity contribution >= 4 is 17.9 Å². The first-order valence-electron chi connectivity index (χ1n) is 11.9. The van der Waals surface area contributed by atoms with Gasteiger partial charge < -0.3 is 14.7 Å². The highest BCUT2D eigenvalue weighted by molar-refractivity contribution is 5.79. The number of aldehydes is 1. The lowest BCUT2D eigenvalue weighted by atomic mass is 9.83. The van der Waals surface area contributed by atoms with E-state index in [-0.39, 0.29) is 17.8 Å². The Morgan fingerprint density at radius 2 is 1.86 bits per heavy atom. The second kappa shape index (κ2) is 9.17. The van der Waals surface area contributed by atoms with Gasteiger partial charge in [-0.1, -0.05) is 37.3 Å². The number of carboxylic acids is 1. The fourth-order valence-electron chi connectivity index (χ4n) is 5.21. The highest BCUT2D eigenvalue weighted by Gasteiger charge is 2.39. The summed E-state index contributed by atoms with van der Waals surface area (Å²) in [6, 6.07) is 18.0. The molecule has 1 saturated carbocycles. The van der Waals surface area contributed by atoms with Crippen molar-refractivity contribution in [3.8, 4) is 16.9 Å². The van der Waals surface area contributed by atoms with Crippen LogP contribution in [0.2, 0.25) is 0 Å². The summed E-state index contributed by atoms with van der Waals surface area (Å²) in [6.07, 6.45) is 2.84. The van der Waals surface area contributed by atoms with E-state index in [9.17, 15) is 19.1 Å². The zero-order valence-corrected chi connectivity index (χ0v) is 19.8. The molecule has 0 radical (unpaired) electrons.